The molecule has 0 amide bonds. The fourth-order valence-corrected chi connectivity index (χ4v) is 4.26. The van der Waals surface area contributed by atoms with E-state index < -0.39 is 6.10 Å². The molecule has 0 aliphatic carbocycles. The van der Waals surface area contributed by atoms with Crippen LogP contribution in [0.3, 0.4) is 0 Å². The van der Waals surface area contributed by atoms with Gasteiger partial charge in [0.05, 0.1) is 18.1 Å². The predicted octanol–water partition coefficient (Wildman–Crippen LogP) is 3.21. The Labute approximate surface area is 181 Å². The van der Waals surface area contributed by atoms with Crippen LogP contribution in [0, 0.1) is 0 Å². The Hall–Kier alpha value is -3.29. The minimum atomic E-state index is -0.556. The standard InChI is InChI=1S/C24H26N6O/c1-16(31)23(30-12-10-17-5-3-4-6-19(17)14-30)28-22-13-18(9-11-25-22)20-7-8-21-24(27-20)29(2)15-26-21/h3-9,11,13,15-16,23,31H,10,12,14H2,1-2H3,(H,25,28). The Morgan fingerprint density at radius 3 is 2.74 bits per heavy atom. The molecule has 7 nitrogen and oxygen atoms in total. The first-order chi connectivity index (χ1) is 15.1. The number of hydrogen-bond acceptors (Lipinski definition) is 6. The summed E-state index contributed by atoms with van der Waals surface area (Å²) < 4.78 is 1.91. The van der Waals surface area contributed by atoms with Gasteiger partial charge in [-0.3, -0.25) is 4.90 Å². The van der Waals surface area contributed by atoms with Crippen LogP contribution in [0.15, 0.2) is 61.1 Å². The van der Waals surface area contributed by atoms with Gasteiger partial charge in [-0.1, -0.05) is 24.3 Å². The molecule has 7 heteroatoms. The maximum absolute atomic E-state index is 10.5. The molecule has 31 heavy (non-hydrogen) atoms. The van der Waals surface area contributed by atoms with Gasteiger partial charge in [0.25, 0.3) is 0 Å². The van der Waals surface area contributed by atoms with Crippen molar-refractivity contribution >= 4 is 17.0 Å². The van der Waals surface area contributed by atoms with E-state index in [0.29, 0.717) is 5.82 Å². The number of nitrogens with one attached hydrogen (secondary N) is 1. The molecule has 5 rings (SSSR count). The predicted molar refractivity (Wildman–Crippen MR) is 121 cm³/mol. The summed E-state index contributed by atoms with van der Waals surface area (Å²) in [5.41, 5.74) is 6.25. The second-order valence-electron chi connectivity index (χ2n) is 8.14. The van der Waals surface area contributed by atoms with E-state index in [1.54, 1.807) is 12.5 Å². The van der Waals surface area contributed by atoms with Gasteiger partial charge in [-0.15, -0.1) is 0 Å². The second-order valence-corrected chi connectivity index (χ2v) is 8.14. The normalized spacial score (nSPS) is 16.1. The summed E-state index contributed by atoms with van der Waals surface area (Å²) >= 11 is 0. The van der Waals surface area contributed by atoms with Crippen LogP contribution in [0.2, 0.25) is 0 Å². The number of aromatic nitrogens is 4. The zero-order chi connectivity index (χ0) is 21.4. The van der Waals surface area contributed by atoms with E-state index in [4.69, 9.17) is 4.98 Å². The van der Waals surface area contributed by atoms with E-state index >= 15 is 0 Å². The average Bonchev–Trinajstić information content (AvgIpc) is 3.17. The molecule has 1 aliphatic rings. The summed E-state index contributed by atoms with van der Waals surface area (Å²) in [4.78, 5) is 15.9. The molecule has 2 atom stereocenters. The van der Waals surface area contributed by atoms with Gasteiger partial charge in [0, 0.05) is 31.9 Å². The lowest BCUT2D eigenvalue weighted by Gasteiger charge is -2.37. The molecular weight excluding hydrogens is 388 g/mol. The SMILES string of the molecule is CC(O)C(Nc1cc(-c2ccc3ncn(C)c3n2)ccn1)N1CCc2ccccc2C1. The van der Waals surface area contributed by atoms with Crippen molar-refractivity contribution < 1.29 is 5.11 Å². The number of rotatable bonds is 5. The minimum Gasteiger partial charge on any atom is -0.390 e. The van der Waals surface area contributed by atoms with Crippen LogP contribution >= 0.6 is 0 Å². The third-order valence-corrected chi connectivity index (χ3v) is 5.92. The second kappa shape index (κ2) is 8.09. The van der Waals surface area contributed by atoms with Gasteiger partial charge >= 0.3 is 0 Å². The molecule has 0 bridgehead atoms. The lowest BCUT2D eigenvalue weighted by atomic mass is 9.99. The molecule has 2 N–H and O–H groups in total. The summed E-state index contributed by atoms with van der Waals surface area (Å²) in [5, 5.41) is 14.0. The number of nitrogens with zero attached hydrogens (tertiary/aromatic N) is 5. The highest BCUT2D eigenvalue weighted by molar-refractivity contribution is 5.76. The maximum atomic E-state index is 10.5. The van der Waals surface area contributed by atoms with Crippen molar-refractivity contribution in [3.8, 4) is 11.3 Å². The van der Waals surface area contributed by atoms with Crippen LogP contribution in [0.25, 0.3) is 22.4 Å². The molecule has 0 saturated heterocycles. The van der Waals surface area contributed by atoms with E-state index in [-0.39, 0.29) is 6.17 Å². The van der Waals surface area contributed by atoms with Gasteiger partial charge in [-0.25, -0.2) is 15.0 Å². The van der Waals surface area contributed by atoms with Crippen LogP contribution in [0.1, 0.15) is 18.1 Å². The largest absolute Gasteiger partial charge is 0.390 e. The average molecular weight is 415 g/mol. The number of hydrogen-bond donors (Lipinski definition) is 2. The fourth-order valence-electron chi connectivity index (χ4n) is 4.26. The Morgan fingerprint density at radius 2 is 1.90 bits per heavy atom. The van der Waals surface area contributed by atoms with Gasteiger partial charge in [-0.05, 0) is 48.7 Å². The number of aryl methyl sites for hydroxylation is 1. The Balaban J connectivity index is 1.40. The van der Waals surface area contributed by atoms with Crippen molar-refractivity contribution in [3.63, 3.8) is 0 Å². The van der Waals surface area contributed by atoms with Gasteiger partial charge in [0.15, 0.2) is 5.65 Å². The number of fused-ring (bicyclic) bond motifs is 2. The molecular formula is C24H26N6O. The molecule has 2 unspecified atom stereocenters. The number of pyridine rings is 2. The third kappa shape index (κ3) is 3.89. The van der Waals surface area contributed by atoms with Gasteiger partial charge in [-0.2, -0.15) is 0 Å². The first-order valence-electron chi connectivity index (χ1n) is 10.6. The quantitative estimate of drug-likeness (QED) is 0.522. The van der Waals surface area contributed by atoms with Crippen LogP contribution in [-0.2, 0) is 20.0 Å². The molecule has 0 spiro atoms. The summed E-state index contributed by atoms with van der Waals surface area (Å²) in [6.07, 6.45) is 3.73. The van der Waals surface area contributed by atoms with Gasteiger partial charge in [0.1, 0.15) is 17.5 Å². The zero-order valence-electron chi connectivity index (χ0n) is 17.7. The van der Waals surface area contributed by atoms with Crippen LogP contribution in [0.5, 0.6) is 0 Å². The van der Waals surface area contributed by atoms with Crippen molar-refractivity contribution in [1.29, 1.82) is 0 Å². The van der Waals surface area contributed by atoms with E-state index in [2.05, 4.69) is 44.5 Å². The number of benzene rings is 1. The lowest BCUT2D eigenvalue weighted by molar-refractivity contribution is 0.0674. The summed E-state index contributed by atoms with van der Waals surface area (Å²) in [6.45, 7) is 3.51. The smallest absolute Gasteiger partial charge is 0.160 e. The Kier molecular flexibility index (Phi) is 5.13. The minimum absolute atomic E-state index is 0.233. The molecule has 4 heterocycles. The van der Waals surface area contributed by atoms with E-state index in [9.17, 15) is 5.11 Å². The lowest BCUT2D eigenvalue weighted by Crippen LogP contribution is -2.49. The molecule has 0 fully saturated rings. The zero-order valence-corrected chi connectivity index (χ0v) is 17.7. The van der Waals surface area contributed by atoms with Crippen molar-refractivity contribution in [2.45, 2.75) is 32.2 Å². The Morgan fingerprint density at radius 1 is 1.06 bits per heavy atom. The van der Waals surface area contributed by atoms with Crippen LogP contribution in [0.4, 0.5) is 5.82 Å². The van der Waals surface area contributed by atoms with Crippen molar-refractivity contribution in [1.82, 2.24) is 24.4 Å². The number of aliphatic hydroxyl groups excluding tert-OH is 1. The molecule has 0 radical (unpaired) electrons. The summed E-state index contributed by atoms with van der Waals surface area (Å²) in [6, 6.07) is 16.4. The molecule has 3 aromatic heterocycles. The van der Waals surface area contributed by atoms with E-state index in [1.807, 2.05) is 42.8 Å². The topological polar surface area (TPSA) is 79.1 Å². The highest BCUT2D eigenvalue weighted by atomic mass is 16.3. The molecule has 1 aromatic carbocycles. The van der Waals surface area contributed by atoms with Gasteiger partial charge in [0.2, 0.25) is 0 Å². The monoisotopic (exact) mass is 414 g/mol. The number of aliphatic hydroxyl groups is 1. The van der Waals surface area contributed by atoms with E-state index in [1.165, 1.54) is 11.1 Å². The first-order valence-corrected chi connectivity index (χ1v) is 10.6. The third-order valence-electron chi connectivity index (χ3n) is 5.92. The Bertz CT molecular complexity index is 1220. The number of anilines is 1. The summed E-state index contributed by atoms with van der Waals surface area (Å²) in [5.74, 6) is 0.717. The van der Waals surface area contributed by atoms with Crippen molar-refractivity contribution in [2.24, 2.45) is 7.05 Å². The van der Waals surface area contributed by atoms with Crippen molar-refractivity contribution in [3.05, 3.63) is 72.2 Å². The van der Waals surface area contributed by atoms with Crippen LogP contribution in [-0.4, -0.2) is 48.3 Å². The highest BCUT2D eigenvalue weighted by Gasteiger charge is 2.27. The molecule has 1 aliphatic heterocycles. The highest BCUT2D eigenvalue weighted by Crippen LogP contribution is 2.25. The van der Waals surface area contributed by atoms with Crippen molar-refractivity contribution in [2.75, 3.05) is 11.9 Å². The number of imidazole rings is 1. The molecule has 0 saturated carbocycles. The first kappa shape index (κ1) is 19.7. The fraction of sp³-hybridized carbons (Fsp3) is 0.292. The maximum Gasteiger partial charge on any atom is 0.160 e. The van der Waals surface area contributed by atoms with Gasteiger partial charge < -0.3 is 15.0 Å². The van der Waals surface area contributed by atoms with E-state index in [0.717, 1.165) is 41.9 Å². The van der Waals surface area contributed by atoms with Crippen LogP contribution < -0.4 is 5.32 Å². The molecule has 4 aromatic rings. The molecule has 158 valence electrons. The summed E-state index contributed by atoms with van der Waals surface area (Å²) in [7, 11) is 1.94.